The molecule has 0 bridgehead atoms. The van der Waals surface area contributed by atoms with Gasteiger partial charge in [0.25, 0.3) is 0 Å². The Labute approximate surface area is 102 Å². The Bertz CT molecular complexity index is 341. The zero-order chi connectivity index (χ0) is 12.1. The minimum Gasteiger partial charge on any atom is -0.358 e. The van der Waals surface area contributed by atoms with Gasteiger partial charge in [-0.05, 0) is 37.9 Å². The number of aromatic nitrogens is 2. The van der Waals surface area contributed by atoms with Crippen molar-refractivity contribution in [2.45, 2.75) is 19.4 Å². The normalized spacial score (nSPS) is 18.2. The van der Waals surface area contributed by atoms with Crippen LogP contribution in [-0.4, -0.2) is 47.3 Å². The summed E-state index contributed by atoms with van der Waals surface area (Å²) in [5.74, 6) is 0.798. The first-order valence-corrected chi connectivity index (χ1v) is 6.18. The second-order valence-corrected chi connectivity index (χ2v) is 4.62. The number of hydrogen-bond acceptors (Lipinski definition) is 3. The highest BCUT2D eigenvalue weighted by molar-refractivity contribution is 5.77. The van der Waals surface area contributed by atoms with E-state index in [1.165, 1.54) is 0 Å². The quantitative estimate of drug-likeness (QED) is 0.820. The van der Waals surface area contributed by atoms with Crippen molar-refractivity contribution in [1.82, 2.24) is 20.0 Å². The number of hydrogen-bond donors (Lipinski definition) is 1. The number of amides is 1. The van der Waals surface area contributed by atoms with Gasteiger partial charge in [-0.15, -0.1) is 0 Å². The van der Waals surface area contributed by atoms with Gasteiger partial charge in [-0.3, -0.25) is 14.4 Å². The Hall–Kier alpha value is -1.36. The molecule has 1 aliphatic heterocycles. The fourth-order valence-corrected chi connectivity index (χ4v) is 2.28. The molecule has 0 atom stereocenters. The summed E-state index contributed by atoms with van der Waals surface area (Å²) in [5, 5.41) is 6.90. The molecule has 5 nitrogen and oxygen atoms in total. The molecular formula is C12H20N4O. The van der Waals surface area contributed by atoms with Crippen molar-refractivity contribution in [3.8, 4) is 0 Å². The zero-order valence-electron chi connectivity index (χ0n) is 10.3. The molecule has 2 rings (SSSR count). The summed E-state index contributed by atoms with van der Waals surface area (Å²) in [6.07, 6.45) is 6.13. The average molecular weight is 236 g/mol. The molecule has 1 N–H and O–H groups in total. The first-order chi connectivity index (χ1) is 8.28. The predicted molar refractivity (Wildman–Crippen MR) is 65.5 cm³/mol. The zero-order valence-corrected chi connectivity index (χ0v) is 10.3. The summed E-state index contributed by atoms with van der Waals surface area (Å²) < 4.78 is 2.00. The molecule has 1 aromatic rings. The number of nitrogens with one attached hydrogen (secondary N) is 1. The van der Waals surface area contributed by atoms with Crippen molar-refractivity contribution in [1.29, 1.82) is 0 Å². The minimum absolute atomic E-state index is 0.107. The van der Waals surface area contributed by atoms with E-state index in [0.717, 1.165) is 32.5 Å². The van der Waals surface area contributed by atoms with E-state index in [9.17, 15) is 4.79 Å². The average Bonchev–Trinajstić information content (AvgIpc) is 2.84. The molecule has 0 aliphatic carbocycles. The molecule has 1 aliphatic rings. The molecular weight excluding hydrogens is 216 g/mol. The smallest absolute Gasteiger partial charge is 0.233 e. The number of nitrogens with zero attached hydrogens (tertiary/aromatic N) is 3. The van der Waals surface area contributed by atoms with E-state index in [4.69, 9.17) is 0 Å². The van der Waals surface area contributed by atoms with Crippen molar-refractivity contribution in [2.75, 3.05) is 26.7 Å². The van der Waals surface area contributed by atoms with E-state index >= 15 is 0 Å². The molecule has 0 saturated carbocycles. The Kier molecular flexibility index (Phi) is 4.14. The van der Waals surface area contributed by atoms with Gasteiger partial charge >= 0.3 is 0 Å². The Morgan fingerprint density at radius 1 is 1.47 bits per heavy atom. The number of rotatable bonds is 4. The highest BCUT2D eigenvalue weighted by atomic mass is 16.1. The van der Waals surface area contributed by atoms with Gasteiger partial charge in [-0.25, -0.2) is 0 Å². The van der Waals surface area contributed by atoms with E-state index in [2.05, 4.69) is 15.3 Å². The monoisotopic (exact) mass is 236 g/mol. The summed E-state index contributed by atoms with van der Waals surface area (Å²) >= 11 is 0. The molecule has 94 valence electrons. The largest absolute Gasteiger partial charge is 0.358 e. The van der Waals surface area contributed by atoms with Crippen LogP contribution in [-0.2, 0) is 11.3 Å². The number of likely N-dealkylation sites (N-methyl/N-ethyl adjacent to an activating group) is 1. The standard InChI is InChI=1S/C12H20N4O/c1-13-12(17)10-15-7-3-11(4-8-15)9-16-6-2-5-14-16/h2,5-6,11H,3-4,7-10H2,1H3,(H,13,17). The number of carbonyl (C=O) groups excluding carboxylic acids is 1. The fraction of sp³-hybridized carbons (Fsp3) is 0.667. The fourth-order valence-electron chi connectivity index (χ4n) is 2.28. The highest BCUT2D eigenvalue weighted by Crippen LogP contribution is 2.18. The highest BCUT2D eigenvalue weighted by Gasteiger charge is 2.20. The first kappa shape index (κ1) is 12.1. The van der Waals surface area contributed by atoms with Gasteiger partial charge < -0.3 is 5.32 Å². The third-order valence-corrected chi connectivity index (χ3v) is 3.36. The molecule has 1 saturated heterocycles. The molecule has 5 heteroatoms. The summed E-state index contributed by atoms with van der Waals surface area (Å²) in [6, 6.07) is 1.96. The van der Waals surface area contributed by atoms with Crippen molar-refractivity contribution in [3.05, 3.63) is 18.5 Å². The molecule has 0 aromatic carbocycles. The van der Waals surface area contributed by atoms with Crippen molar-refractivity contribution in [3.63, 3.8) is 0 Å². The van der Waals surface area contributed by atoms with Crippen LogP contribution < -0.4 is 5.32 Å². The van der Waals surface area contributed by atoms with Crippen molar-refractivity contribution < 1.29 is 4.79 Å². The molecule has 2 heterocycles. The van der Waals surface area contributed by atoms with Crippen molar-refractivity contribution in [2.24, 2.45) is 5.92 Å². The first-order valence-electron chi connectivity index (χ1n) is 6.18. The van der Waals surface area contributed by atoms with Crippen LogP contribution in [0.2, 0.25) is 0 Å². The maximum Gasteiger partial charge on any atom is 0.233 e. The van der Waals surface area contributed by atoms with E-state index in [1.807, 2.05) is 23.1 Å². The molecule has 17 heavy (non-hydrogen) atoms. The Balaban J connectivity index is 1.72. The topological polar surface area (TPSA) is 50.2 Å². The van der Waals surface area contributed by atoms with Crippen LogP contribution in [0.1, 0.15) is 12.8 Å². The molecule has 1 amide bonds. The summed E-state index contributed by atoms with van der Waals surface area (Å²) in [6.45, 7) is 3.56. The van der Waals surface area contributed by atoms with E-state index in [0.29, 0.717) is 12.5 Å². The maximum atomic E-state index is 11.3. The second kappa shape index (κ2) is 5.82. The van der Waals surface area contributed by atoms with Gasteiger partial charge in [0.15, 0.2) is 0 Å². The molecule has 1 aromatic heterocycles. The number of carbonyl (C=O) groups is 1. The van der Waals surface area contributed by atoms with Crippen LogP contribution in [0.15, 0.2) is 18.5 Å². The molecule has 1 fully saturated rings. The van der Waals surface area contributed by atoms with E-state index < -0.39 is 0 Å². The van der Waals surface area contributed by atoms with Gasteiger partial charge in [0.1, 0.15) is 0 Å². The van der Waals surface area contributed by atoms with Crippen LogP contribution in [0, 0.1) is 5.92 Å². The van der Waals surface area contributed by atoms with Gasteiger partial charge in [0.05, 0.1) is 6.54 Å². The van der Waals surface area contributed by atoms with Gasteiger partial charge in [-0.1, -0.05) is 0 Å². The Morgan fingerprint density at radius 3 is 2.82 bits per heavy atom. The summed E-state index contributed by atoms with van der Waals surface area (Å²) in [4.78, 5) is 13.5. The lowest BCUT2D eigenvalue weighted by Crippen LogP contribution is -2.41. The third kappa shape index (κ3) is 3.56. The van der Waals surface area contributed by atoms with E-state index in [-0.39, 0.29) is 5.91 Å². The van der Waals surface area contributed by atoms with Gasteiger partial charge in [-0.2, -0.15) is 5.10 Å². The van der Waals surface area contributed by atoms with E-state index in [1.54, 1.807) is 7.05 Å². The predicted octanol–water partition coefficient (Wildman–Crippen LogP) is 0.341. The van der Waals surface area contributed by atoms with Crippen molar-refractivity contribution >= 4 is 5.91 Å². The van der Waals surface area contributed by atoms with Crippen LogP contribution in [0.25, 0.3) is 0 Å². The summed E-state index contributed by atoms with van der Waals surface area (Å²) in [7, 11) is 1.69. The van der Waals surface area contributed by atoms with Gasteiger partial charge in [0.2, 0.25) is 5.91 Å². The van der Waals surface area contributed by atoms with Crippen LogP contribution in [0.5, 0.6) is 0 Å². The lowest BCUT2D eigenvalue weighted by Gasteiger charge is -2.31. The molecule has 0 radical (unpaired) electrons. The van der Waals surface area contributed by atoms with Crippen LogP contribution in [0.3, 0.4) is 0 Å². The number of likely N-dealkylation sites (tertiary alicyclic amines) is 1. The van der Waals surface area contributed by atoms with Crippen LogP contribution >= 0.6 is 0 Å². The SMILES string of the molecule is CNC(=O)CN1CCC(Cn2cccn2)CC1. The lowest BCUT2D eigenvalue weighted by atomic mass is 9.97. The second-order valence-electron chi connectivity index (χ2n) is 4.62. The maximum absolute atomic E-state index is 11.3. The number of piperidine rings is 1. The lowest BCUT2D eigenvalue weighted by molar-refractivity contribution is -0.122. The van der Waals surface area contributed by atoms with Gasteiger partial charge in [0, 0.05) is 26.0 Å². The third-order valence-electron chi connectivity index (χ3n) is 3.36. The minimum atomic E-state index is 0.107. The molecule has 0 spiro atoms. The summed E-state index contributed by atoms with van der Waals surface area (Å²) in [5.41, 5.74) is 0. The molecule has 0 unspecified atom stereocenters. The Morgan fingerprint density at radius 2 is 2.24 bits per heavy atom. The van der Waals surface area contributed by atoms with Crippen LogP contribution in [0.4, 0.5) is 0 Å².